The lowest BCUT2D eigenvalue weighted by Crippen LogP contribution is -2.43. The van der Waals surface area contributed by atoms with Gasteiger partial charge in [-0.2, -0.15) is 8.42 Å². The molecule has 1 unspecified atom stereocenters. The number of anilines is 1. The van der Waals surface area contributed by atoms with Crippen LogP contribution in [0.25, 0.3) is 0 Å². The van der Waals surface area contributed by atoms with Crippen LogP contribution in [0.1, 0.15) is 23.4 Å². The van der Waals surface area contributed by atoms with Crippen molar-refractivity contribution in [1.82, 2.24) is 15.1 Å². The minimum Gasteiger partial charge on any atom is -0.355 e. The molecule has 136 valence electrons. The number of carbonyl (C=O) groups excluding carboxylic acids is 1. The standard InChI is InChI=1S/C16H17N5O3S2/c1-10-18-19-16(25-10)17-15(22)11-5-4-8-21(9-11)14-12-6-2-3-7-13(12)26(23,24)20-14/h2-3,6-7,11H,4-5,8-9H2,1H3,(H,17,19,22). The van der Waals surface area contributed by atoms with Crippen LogP contribution in [-0.2, 0) is 14.8 Å². The van der Waals surface area contributed by atoms with Gasteiger partial charge >= 0.3 is 0 Å². The first-order valence-electron chi connectivity index (χ1n) is 8.24. The van der Waals surface area contributed by atoms with Gasteiger partial charge in [-0.15, -0.1) is 14.6 Å². The molecular weight excluding hydrogens is 374 g/mol. The van der Waals surface area contributed by atoms with Crippen LogP contribution in [0.4, 0.5) is 5.13 Å². The van der Waals surface area contributed by atoms with Gasteiger partial charge in [-0.3, -0.25) is 4.79 Å². The van der Waals surface area contributed by atoms with E-state index in [-0.39, 0.29) is 16.7 Å². The summed E-state index contributed by atoms with van der Waals surface area (Å²) in [7, 11) is -3.66. The van der Waals surface area contributed by atoms with Gasteiger partial charge in [0.2, 0.25) is 11.0 Å². The summed E-state index contributed by atoms with van der Waals surface area (Å²) in [5.74, 6) is 0.0524. The average Bonchev–Trinajstić information content (AvgIpc) is 3.16. The number of rotatable bonds is 2. The minimum atomic E-state index is -3.66. The summed E-state index contributed by atoms with van der Waals surface area (Å²) in [4.78, 5) is 14.7. The number of sulfonamides is 1. The van der Waals surface area contributed by atoms with E-state index in [1.165, 1.54) is 11.3 Å². The second kappa shape index (κ2) is 6.44. The molecule has 26 heavy (non-hydrogen) atoms. The van der Waals surface area contributed by atoms with Crippen molar-refractivity contribution in [3.05, 3.63) is 34.8 Å². The quantitative estimate of drug-likeness (QED) is 0.835. The van der Waals surface area contributed by atoms with Crippen molar-refractivity contribution < 1.29 is 13.2 Å². The molecule has 10 heteroatoms. The smallest absolute Gasteiger partial charge is 0.285 e. The molecule has 1 N–H and O–H groups in total. The van der Waals surface area contributed by atoms with Gasteiger partial charge in [0.1, 0.15) is 9.90 Å². The van der Waals surface area contributed by atoms with Crippen LogP contribution in [0.3, 0.4) is 0 Å². The van der Waals surface area contributed by atoms with Gasteiger partial charge in [0, 0.05) is 18.7 Å². The Balaban J connectivity index is 1.53. The number of amidine groups is 1. The van der Waals surface area contributed by atoms with E-state index in [2.05, 4.69) is 19.9 Å². The van der Waals surface area contributed by atoms with E-state index < -0.39 is 10.0 Å². The van der Waals surface area contributed by atoms with E-state index in [9.17, 15) is 13.2 Å². The molecule has 0 saturated carbocycles. The lowest BCUT2D eigenvalue weighted by atomic mass is 9.96. The van der Waals surface area contributed by atoms with Crippen molar-refractivity contribution in [2.45, 2.75) is 24.7 Å². The Hall–Kier alpha value is -2.33. The molecule has 1 atom stereocenters. The highest BCUT2D eigenvalue weighted by atomic mass is 32.2. The van der Waals surface area contributed by atoms with Gasteiger partial charge in [0.15, 0.2) is 5.84 Å². The van der Waals surface area contributed by atoms with Gasteiger partial charge in [0.25, 0.3) is 10.0 Å². The van der Waals surface area contributed by atoms with Crippen LogP contribution >= 0.6 is 11.3 Å². The zero-order chi connectivity index (χ0) is 18.3. The van der Waals surface area contributed by atoms with Crippen LogP contribution in [0.5, 0.6) is 0 Å². The van der Waals surface area contributed by atoms with E-state index in [4.69, 9.17) is 0 Å². The monoisotopic (exact) mass is 391 g/mol. The maximum Gasteiger partial charge on any atom is 0.285 e. The number of amides is 1. The molecule has 0 bridgehead atoms. The Morgan fingerprint density at radius 2 is 2.12 bits per heavy atom. The number of benzene rings is 1. The summed E-state index contributed by atoms with van der Waals surface area (Å²) in [6, 6.07) is 6.80. The van der Waals surface area contributed by atoms with Gasteiger partial charge in [-0.1, -0.05) is 23.5 Å². The summed E-state index contributed by atoms with van der Waals surface area (Å²) < 4.78 is 28.5. The van der Waals surface area contributed by atoms with Crippen molar-refractivity contribution in [3.63, 3.8) is 0 Å². The first-order chi connectivity index (χ1) is 12.4. The molecule has 1 fully saturated rings. The van der Waals surface area contributed by atoms with Gasteiger partial charge < -0.3 is 10.2 Å². The molecule has 0 aliphatic carbocycles. The van der Waals surface area contributed by atoms with Crippen LogP contribution in [0, 0.1) is 12.8 Å². The van der Waals surface area contributed by atoms with E-state index in [0.717, 1.165) is 17.8 Å². The van der Waals surface area contributed by atoms with E-state index in [1.54, 1.807) is 24.3 Å². The van der Waals surface area contributed by atoms with E-state index in [1.807, 2.05) is 11.8 Å². The number of aromatic nitrogens is 2. The first kappa shape index (κ1) is 17.1. The third-order valence-electron chi connectivity index (χ3n) is 4.46. The largest absolute Gasteiger partial charge is 0.355 e. The fraction of sp³-hybridized carbons (Fsp3) is 0.375. The number of nitrogens with zero attached hydrogens (tertiary/aromatic N) is 4. The molecular formula is C16H17N5O3S2. The fourth-order valence-corrected chi connectivity index (χ4v) is 5.08. The Morgan fingerprint density at radius 3 is 2.88 bits per heavy atom. The molecule has 0 spiro atoms. The SMILES string of the molecule is Cc1nnc(NC(=O)C2CCCN(C3=NS(=O)(=O)c4ccccc43)C2)s1. The van der Waals surface area contributed by atoms with Gasteiger partial charge in [-0.25, -0.2) is 0 Å². The molecule has 1 amide bonds. The lowest BCUT2D eigenvalue weighted by molar-refractivity contribution is -0.121. The number of hydrogen-bond donors (Lipinski definition) is 1. The third kappa shape index (κ3) is 3.10. The zero-order valence-electron chi connectivity index (χ0n) is 14.0. The van der Waals surface area contributed by atoms with Crippen LogP contribution in [0.2, 0.25) is 0 Å². The average molecular weight is 391 g/mol. The van der Waals surface area contributed by atoms with Crippen molar-refractivity contribution in [2.75, 3.05) is 18.4 Å². The van der Waals surface area contributed by atoms with Crippen LogP contribution in [0.15, 0.2) is 33.6 Å². The highest BCUT2D eigenvalue weighted by Gasteiger charge is 2.35. The van der Waals surface area contributed by atoms with Crippen molar-refractivity contribution in [2.24, 2.45) is 10.3 Å². The first-order valence-corrected chi connectivity index (χ1v) is 10.5. The predicted molar refractivity (Wildman–Crippen MR) is 97.7 cm³/mol. The second-order valence-corrected chi connectivity index (χ2v) is 9.04. The van der Waals surface area contributed by atoms with E-state index in [0.29, 0.717) is 29.6 Å². The fourth-order valence-electron chi connectivity index (χ4n) is 3.25. The van der Waals surface area contributed by atoms with Crippen LogP contribution < -0.4 is 5.32 Å². The van der Waals surface area contributed by atoms with Gasteiger partial charge in [0.05, 0.1) is 5.92 Å². The Kier molecular flexibility index (Phi) is 4.23. The lowest BCUT2D eigenvalue weighted by Gasteiger charge is -2.33. The molecule has 8 nitrogen and oxygen atoms in total. The van der Waals surface area contributed by atoms with Crippen LogP contribution in [-0.4, -0.2) is 48.3 Å². The Bertz CT molecular complexity index is 999. The highest BCUT2D eigenvalue weighted by Crippen LogP contribution is 2.30. The summed E-state index contributed by atoms with van der Waals surface area (Å²) in [5, 5.41) is 11.9. The third-order valence-corrected chi connectivity index (χ3v) is 6.54. The predicted octanol–water partition coefficient (Wildman–Crippen LogP) is 1.65. The number of carbonyl (C=O) groups is 1. The summed E-state index contributed by atoms with van der Waals surface area (Å²) >= 11 is 1.33. The molecule has 1 aromatic carbocycles. The molecule has 1 saturated heterocycles. The van der Waals surface area contributed by atoms with E-state index >= 15 is 0 Å². The molecule has 4 rings (SSSR count). The number of fused-ring (bicyclic) bond motifs is 1. The summed E-state index contributed by atoms with van der Waals surface area (Å²) in [5.41, 5.74) is 0.605. The molecule has 0 radical (unpaired) electrons. The number of likely N-dealkylation sites (tertiary alicyclic amines) is 1. The Morgan fingerprint density at radius 1 is 1.31 bits per heavy atom. The number of piperidine rings is 1. The molecule has 1 aromatic heterocycles. The summed E-state index contributed by atoms with van der Waals surface area (Å²) in [6.45, 7) is 2.92. The zero-order valence-corrected chi connectivity index (χ0v) is 15.7. The molecule has 2 aliphatic heterocycles. The highest BCUT2D eigenvalue weighted by molar-refractivity contribution is 7.90. The Labute approximate surface area is 155 Å². The summed E-state index contributed by atoms with van der Waals surface area (Å²) in [6.07, 6.45) is 1.52. The maximum absolute atomic E-state index is 12.6. The van der Waals surface area contributed by atoms with Crippen molar-refractivity contribution in [3.8, 4) is 0 Å². The molecule has 3 heterocycles. The van der Waals surface area contributed by atoms with Crippen molar-refractivity contribution in [1.29, 1.82) is 0 Å². The number of aryl methyl sites for hydroxylation is 1. The maximum atomic E-state index is 12.6. The van der Waals surface area contributed by atoms with Gasteiger partial charge in [-0.05, 0) is 31.9 Å². The normalized spacial score (nSPS) is 21.2. The minimum absolute atomic E-state index is 0.124. The number of nitrogens with one attached hydrogen (secondary N) is 1. The second-order valence-electron chi connectivity index (χ2n) is 6.29. The molecule has 2 aliphatic rings. The number of hydrogen-bond acceptors (Lipinski definition) is 7. The topological polar surface area (TPSA) is 105 Å². The van der Waals surface area contributed by atoms with Crippen molar-refractivity contribution >= 4 is 38.2 Å². The molecule has 2 aromatic rings.